The van der Waals surface area contributed by atoms with E-state index in [1.165, 1.54) is 12.1 Å². The van der Waals surface area contributed by atoms with Crippen LogP contribution in [-0.4, -0.2) is 18.7 Å². The second-order valence-corrected chi connectivity index (χ2v) is 6.72. The molecule has 0 radical (unpaired) electrons. The minimum Gasteiger partial charge on any atom is -0.497 e. The summed E-state index contributed by atoms with van der Waals surface area (Å²) in [5.41, 5.74) is 0.297. The first kappa shape index (κ1) is 18.8. The van der Waals surface area contributed by atoms with E-state index in [1.54, 1.807) is 55.7 Å². The molecule has 0 fully saturated rings. The van der Waals surface area contributed by atoms with Crippen molar-refractivity contribution in [3.8, 4) is 5.75 Å². The summed E-state index contributed by atoms with van der Waals surface area (Å²) in [5, 5.41) is 0.605. The molecule has 0 N–H and O–H groups in total. The number of carbonyl (C=O) groups is 2. The lowest BCUT2D eigenvalue weighted by atomic mass is 10.1. The van der Waals surface area contributed by atoms with Gasteiger partial charge in [-0.15, -0.1) is 0 Å². The van der Waals surface area contributed by atoms with Gasteiger partial charge in [0.15, 0.2) is 11.6 Å². The predicted molar refractivity (Wildman–Crippen MR) is 106 cm³/mol. The van der Waals surface area contributed by atoms with E-state index in [0.717, 1.165) is 10.0 Å². The van der Waals surface area contributed by atoms with Gasteiger partial charge in [0, 0.05) is 9.86 Å². The van der Waals surface area contributed by atoms with Crippen molar-refractivity contribution >= 4 is 44.5 Å². The Morgan fingerprint density at radius 3 is 2.56 bits per heavy atom. The van der Waals surface area contributed by atoms with Gasteiger partial charge in [-0.05, 0) is 48.0 Å². The largest absolute Gasteiger partial charge is 0.497 e. The SMILES string of the molecule is COc1ccc(/C=C\C(=O)CC(=O)c2cc3cc(Br)ccc3oc2=O)cc1. The van der Waals surface area contributed by atoms with Crippen molar-refractivity contribution in [3.63, 3.8) is 0 Å². The van der Waals surface area contributed by atoms with Crippen molar-refractivity contribution in [2.24, 2.45) is 0 Å². The zero-order valence-electron chi connectivity index (χ0n) is 14.4. The Bertz CT molecular complexity index is 1090. The van der Waals surface area contributed by atoms with Crippen LogP contribution in [0.4, 0.5) is 0 Å². The summed E-state index contributed by atoms with van der Waals surface area (Å²) in [6, 6.07) is 13.7. The molecule has 5 nitrogen and oxygen atoms in total. The van der Waals surface area contributed by atoms with E-state index in [0.29, 0.717) is 16.7 Å². The van der Waals surface area contributed by atoms with Crippen molar-refractivity contribution in [1.29, 1.82) is 0 Å². The van der Waals surface area contributed by atoms with Gasteiger partial charge in [0.05, 0.1) is 13.5 Å². The summed E-state index contributed by atoms with van der Waals surface area (Å²) >= 11 is 3.33. The highest BCUT2D eigenvalue weighted by molar-refractivity contribution is 9.10. The van der Waals surface area contributed by atoms with Gasteiger partial charge < -0.3 is 9.15 Å². The van der Waals surface area contributed by atoms with E-state index in [1.807, 2.05) is 0 Å². The number of carbonyl (C=O) groups excluding carboxylic acids is 2. The van der Waals surface area contributed by atoms with Gasteiger partial charge in [-0.3, -0.25) is 9.59 Å². The van der Waals surface area contributed by atoms with E-state index < -0.39 is 23.6 Å². The maximum absolute atomic E-state index is 12.4. The smallest absolute Gasteiger partial charge is 0.347 e. The van der Waals surface area contributed by atoms with Crippen LogP contribution in [0.2, 0.25) is 0 Å². The predicted octanol–water partition coefficient (Wildman–Crippen LogP) is 4.42. The number of fused-ring (bicyclic) bond motifs is 1. The summed E-state index contributed by atoms with van der Waals surface area (Å²) in [7, 11) is 1.57. The van der Waals surface area contributed by atoms with Crippen LogP contribution in [-0.2, 0) is 4.79 Å². The number of Topliss-reactive ketones (excluding diaryl/α,β-unsaturated/α-hetero) is 1. The van der Waals surface area contributed by atoms with E-state index >= 15 is 0 Å². The first-order valence-corrected chi connectivity index (χ1v) is 8.87. The molecule has 1 heterocycles. The van der Waals surface area contributed by atoms with Crippen LogP contribution in [0.25, 0.3) is 17.0 Å². The first-order chi connectivity index (χ1) is 13.0. The number of rotatable bonds is 6. The number of halogens is 1. The quantitative estimate of drug-likeness (QED) is 0.252. The molecule has 0 aliphatic carbocycles. The summed E-state index contributed by atoms with van der Waals surface area (Å²) < 4.78 is 11.0. The van der Waals surface area contributed by atoms with Gasteiger partial charge in [0.1, 0.15) is 16.9 Å². The van der Waals surface area contributed by atoms with Crippen molar-refractivity contribution in [2.75, 3.05) is 7.11 Å². The molecular weight excluding hydrogens is 412 g/mol. The van der Waals surface area contributed by atoms with Gasteiger partial charge in [0.2, 0.25) is 0 Å². The summed E-state index contributed by atoms with van der Waals surface area (Å²) in [6.45, 7) is 0. The molecule has 27 heavy (non-hydrogen) atoms. The molecule has 0 aliphatic rings. The average molecular weight is 427 g/mol. The number of methoxy groups -OCH3 is 1. The van der Waals surface area contributed by atoms with Crippen LogP contribution >= 0.6 is 15.9 Å². The summed E-state index contributed by atoms with van der Waals surface area (Å²) in [6.07, 6.45) is 2.52. The Kier molecular flexibility index (Phi) is 5.66. The summed E-state index contributed by atoms with van der Waals surface area (Å²) in [5.74, 6) is -0.261. The Balaban J connectivity index is 1.75. The topological polar surface area (TPSA) is 73.6 Å². The molecule has 0 spiro atoms. The maximum atomic E-state index is 12.4. The number of allylic oxidation sites excluding steroid dienone is 1. The van der Waals surface area contributed by atoms with Crippen molar-refractivity contribution in [3.05, 3.63) is 80.6 Å². The van der Waals surface area contributed by atoms with Gasteiger partial charge >= 0.3 is 5.63 Å². The molecule has 136 valence electrons. The van der Waals surface area contributed by atoms with Crippen LogP contribution in [0.15, 0.2) is 68.3 Å². The van der Waals surface area contributed by atoms with Crippen LogP contribution in [0.5, 0.6) is 5.75 Å². The molecule has 2 aromatic carbocycles. The van der Waals surface area contributed by atoms with Crippen LogP contribution in [0.1, 0.15) is 22.3 Å². The molecule has 3 aromatic rings. The molecule has 0 saturated carbocycles. The second-order valence-electron chi connectivity index (χ2n) is 5.80. The number of ketones is 2. The monoisotopic (exact) mass is 426 g/mol. The Hall–Kier alpha value is -2.99. The van der Waals surface area contributed by atoms with Gasteiger partial charge in [-0.25, -0.2) is 4.79 Å². The molecule has 0 atom stereocenters. The third-order valence-corrected chi connectivity index (χ3v) is 4.40. The third-order valence-electron chi connectivity index (χ3n) is 3.91. The van der Waals surface area contributed by atoms with E-state index in [4.69, 9.17) is 9.15 Å². The highest BCUT2D eigenvalue weighted by atomic mass is 79.9. The average Bonchev–Trinajstić information content (AvgIpc) is 2.66. The molecule has 0 bridgehead atoms. The molecule has 6 heteroatoms. The maximum Gasteiger partial charge on any atom is 0.347 e. The van der Waals surface area contributed by atoms with Crippen LogP contribution in [0, 0.1) is 0 Å². The van der Waals surface area contributed by atoms with Gasteiger partial charge in [-0.2, -0.15) is 0 Å². The molecule has 0 amide bonds. The van der Waals surface area contributed by atoms with E-state index in [2.05, 4.69) is 15.9 Å². The van der Waals surface area contributed by atoms with Gasteiger partial charge in [-0.1, -0.05) is 34.1 Å². The first-order valence-electron chi connectivity index (χ1n) is 8.08. The standard InChI is InChI=1S/C21H15BrO5/c1-26-17-7-3-13(4-8-17)2-6-16(23)12-19(24)18-11-14-10-15(22)5-9-20(14)27-21(18)25/h2-11H,12H2,1H3/b6-2-. The zero-order valence-corrected chi connectivity index (χ0v) is 16.0. The lowest BCUT2D eigenvalue weighted by Crippen LogP contribution is -2.16. The minimum atomic E-state index is -0.748. The number of benzene rings is 2. The minimum absolute atomic E-state index is 0.133. The fourth-order valence-corrected chi connectivity index (χ4v) is 2.88. The number of hydrogen-bond donors (Lipinski definition) is 0. The van der Waals surface area contributed by atoms with E-state index in [-0.39, 0.29) is 5.56 Å². The van der Waals surface area contributed by atoms with Gasteiger partial charge in [0.25, 0.3) is 0 Å². The Morgan fingerprint density at radius 1 is 1.11 bits per heavy atom. The highest BCUT2D eigenvalue weighted by Gasteiger charge is 2.16. The molecule has 0 aliphatic heterocycles. The number of hydrogen-bond acceptors (Lipinski definition) is 5. The fourth-order valence-electron chi connectivity index (χ4n) is 2.51. The Labute approximate surface area is 163 Å². The zero-order chi connectivity index (χ0) is 19.4. The molecule has 0 saturated heterocycles. The fraction of sp³-hybridized carbons (Fsp3) is 0.0952. The molecular formula is C21H15BrO5. The van der Waals surface area contributed by atoms with Crippen molar-refractivity contribution in [1.82, 2.24) is 0 Å². The second kappa shape index (κ2) is 8.14. The van der Waals surface area contributed by atoms with Crippen molar-refractivity contribution in [2.45, 2.75) is 6.42 Å². The highest BCUT2D eigenvalue weighted by Crippen LogP contribution is 2.20. The molecule has 0 unspecified atom stereocenters. The van der Waals surface area contributed by atoms with E-state index in [9.17, 15) is 14.4 Å². The lowest BCUT2D eigenvalue weighted by Gasteiger charge is -2.01. The Morgan fingerprint density at radius 2 is 1.85 bits per heavy atom. The molecule has 3 rings (SSSR count). The third kappa shape index (κ3) is 4.60. The van der Waals surface area contributed by atoms with Crippen molar-refractivity contribution < 1.29 is 18.7 Å². The van der Waals surface area contributed by atoms with Crippen LogP contribution in [0.3, 0.4) is 0 Å². The molecule has 1 aromatic heterocycles. The van der Waals surface area contributed by atoms with Crippen LogP contribution < -0.4 is 10.4 Å². The normalized spacial score (nSPS) is 11.0. The number of ether oxygens (including phenoxy) is 1. The lowest BCUT2D eigenvalue weighted by molar-refractivity contribution is -0.113. The summed E-state index contributed by atoms with van der Waals surface area (Å²) in [4.78, 5) is 36.5.